The van der Waals surface area contributed by atoms with E-state index in [4.69, 9.17) is 27.6 Å². The van der Waals surface area contributed by atoms with Gasteiger partial charge in [-0.05, 0) is 66.2 Å². The molecule has 0 atom stereocenters. The van der Waals surface area contributed by atoms with Crippen LogP contribution in [0.4, 0.5) is 4.79 Å². The summed E-state index contributed by atoms with van der Waals surface area (Å²) in [6.07, 6.45) is 5.05. The molecule has 4 nitrogen and oxygen atoms in total. The van der Waals surface area contributed by atoms with E-state index in [-0.39, 0.29) is 17.7 Å². The van der Waals surface area contributed by atoms with Gasteiger partial charge in [0.1, 0.15) is 5.76 Å². The third-order valence-corrected chi connectivity index (χ3v) is 5.12. The van der Waals surface area contributed by atoms with E-state index in [9.17, 15) is 9.59 Å². The van der Waals surface area contributed by atoms with Crippen molar-refractivity contribution in [1.82, 2.24) is 4.90 Å². The summed E-state index contributed by atoms with van der Waals surface area (Å²) >= 11 is 12.8. The Kier molecular flexibility index (Phi) is 5.37. The first kappa shape index (κ1) is 17.9. The summed E-state index contributed by atoms with van der Waals surface area (Å²) < 4.78 is 5.24. The van der Waals surface area contributed by atoms with Crippen molar-refractivity contribution in [2.24, 2.45) is 0 Å². The number of nitrogens with zero attached hydrogens (tertiary/aromatic N) is 1. The van der Waals surface area contributed by atoms with Crippen molar-refractivity contribution in [3.63, 3.8) is 0 Å². The number of benzene rings is 1. The molecule has 1 aliphatic heterocycles. The molecular formula is C18H13Cl2NO3S. The minimum absolute atomic E-state index is 0.153. The zero-order valence-corrected chi connectivity index (χ0v) is 15.5. The van der Waals surface area contributed by atoms with Crippen molar-refractivity contribution in [3.8, 4) is 0 Å². The Morgan fingerprint density at radius 1 is 1.24 bits per heavy atom. The molecule has 7 heteroatoms. The Hall–Kier alpha value is -1.95. The normalized spacial score (nSPS) is 17.0. The molecular weight excluding hydrogens is 381 g/mol. The van der Waals surface area contributed by atoms with Crippen molar-refractivity contribution in [3.05, 3.63) is 74.5 Å². The van der Waals surface area contributed by atoms with Crippen LogP contribution in [0.25, 0.3) is 6.08 Å². The summed E-state index contributed by atoms with van der Waals surface area (Å²) in [5.41, 5.74) is 1.55. The fraction of sp³-hybridized carbons (Fsp3) is 0.111. The van der Waals surface area contributed by atoms with E-state index in [1.807, 2.05) is 13.0 Å². The number of carbonyl (C=O) groups is 2. The Labute approximate surface area is 159 Å². The number of rotatable bonds is 4. The number of hydrogen-bond acceptors (Lipinski definition) is 4. The maximum absolute atomic E-state index is 12.5. The fourth-order valence-electron chi connectivity index (χ4n) is 2.30. The zero-order chi connectivity index (χ0) is 18.0. The van der Waals surface area contributed by atoms with E-state index < -0.39 is 0 Å². The van der Waals surface area contributed by atoms with Gasteiger partial charge in [-0.15, -0.1) is 0 Å². The summed E-state index contributed by atoms with van der Waals surface area (Å²) in [4.78, 5) is 26.3. The molecule has 1 aliphatic rings. The van der Waals surface area contributed by atoms with Crippen LogP contribution in [0, 0.1) is 0 Å². The zero-order valence-electron chi connectivity index (χ0n) is 13.2. The van der Waals surface area contributed by atoms with Crippen molar-refractivity contribution >= 4 is 52.2 Å². The van der Waals surface area contributed by atoms with E-state index in [2.05, 4.69) is 0 Å². The van der Waals surface area contributed by atoms with E-state index >= 15 is 0 Å². The number of amides is 2. The maximum Gasteiger partial charge on any atom is 0.293 e. The largest absolute Gasteiger partial charge is 0.465 e. The third-order valence-electron chi connectivity index (χ3n) is 3.47. The van der Waals surface area contributed by atoms with Crippen molar-refractivity contribution in [2.45, 2.75) is 13.5 Å². The lowest BCUT2D eigenvalue weighted by atomic mass is 10.2. The summed E-state index contributed by atoms with van der Waals surface area (Å²) in [6, 6.07) is 8.63. The highest BCUT2D eigenvalue weighted by Crippen LogP contribution is 2.33. The van der Waals surface area contributed by atoms with Gasteiger partial charge in [0.25, 0.3) is 11.1 Å². The second kappa shape index (κ2) is 7.52. The molecule has 0 aliphatic carbocycles. The summed E-state index contributed by atoms with van der Waals surface area (Å²) in [7, 11) is 0. The van der Waals surface area contributed by atoms with Gasteiger partial charge >= 0.3 is 0 Å². The van der Waals surface area contributed by atoms with Gasteiger partial charge in [0.05, 0.1) is 27.8 Å². The lowest BCUT2D eigenvalue weighted by molar-refractivity contribution is -0.123. The quantitative estimate of drug-likeness (QED) is 0.618. The van der Waals surface area contributed by atoms with E-state index in [1.165, 1.54) is 4.90 Å². The second-order valence-corrected chi connectivity index (χ2v) is 7.23. The number of allylic oxidation sites excluding steroid dienone is 2. The number of imide groups is 1. The summed E-state index contributed by atoms with van der Waals surface area (Å²) in [5, 5.41) is 0.505. The number of carbonyl (C=O) groups excluding carboxylic acids is 2. The van der Waals surface area contributed by atoms with Crippen LogP contribution in [-0.2, 0) is 11.3 Å². The molecule has 1 aromatic carbocycles. The van der Waals surface area contributed by atoms with Gasteiger partial charge in [-0.1, -0.05) is 29.3 Å². The van der Waals surface area contributed by atoms with Gasteiger partial charge in [0, 0.05) is 0 Å². The summed E-state index contributed by atoms with van der Waals surface area (Å²) in [5.74, 6) is 0.358. The van der Waals surface area contributed by atoms with Crippen LogP contribution in [0.2, 0.25) is 10.0 Å². The van der Waals surface area contributed by atoms with Crippen LogP contribution >= 0.6 is 35.0 Å². The van der Waals surface area contributed by atoms with E-state index in [0.717, 1.165) is 22.9 Å². The number of hydrogen-bond donors (Lipinski definition) is 0. The molecule has 0 unspecified atom stereocenters. The van der Waals surface area contributed by atoms with Gasteiger partial charge < -0.3 is 4.42 Å². The molecule has 0 N–H and O–H groups in total. The molecule has 3 rings (SSSR count). The van der Waals surface area contributed by atoms with Crippen LogP contribution in [0.1, 0.15) is 18.2 Å². The number of halogens is 2. The Morgan fingerprint density at radius 3 is 2.72 bits per heavy atom. The van der Waals surface area contributed by atoms with Crippen LogP contribution < -0.4 is 0 Å². The molecule has 2 heterocycles. The van der Waals surface area contributed by atoms with Gasteiger partial charge in [-0.3, -0.25) is 14.5 Å². The molecule has 1 saturated heterocycles. The van der Waals surface area contributed by atoms with Crippen LogP contribution in [0.3, 0.4) is 0 Å². The van der Waals surface area contributed by atoms with Crippen LogP contribution in [0.15, 0.2) is 57.6 Å². The molecule has 0 radical (unpaired) electrons. The molecule has 25 heavy (non-hydrogen) atoms. The lowest BCUT2D eigenvalue weighted by Gasteiger charge is -2.12. The Bertz CT molecular complexity index is 888. The van der Waals surface area contributed by atoms with Crippen molar-refractivity contribution in [2.75, 3.05) is 0 Å². The molecule has 0 saturated carbocycles. The van der Waals surface area contributed by atoms with Gasteiger partial charge in [-0.2, -0.15) is 0 Å². The second-order valence-electron chi connectivity index (χ2n) is 5.42. The highest BCUT2D eigenvalue weighted by atomic mass is 35.5. The predicted octanol–water partition coefficient (Wildman–Crippen LogP) is 5.77. The predicted molar refractivity (Wildman–Crippen MR) is 100 cm³/mol. The average Bonchev–Trinajstić information content (AvgIpc) is 3.15. The van der Waals surface area contributed by atoms with Crippen LogP contribution in [-0.4, -0.2) is 16.0 Å². The first-order chi connectivity index (χ1) is 11.9. The van der Waals surface area contributed by atoms with E-state index in [0.29, 0.717) is 20.7 Å². The molecule has 1 aromatic heterocycles. The first-order valence-electron chi connectivity index (χ1n) is 7.35. The van der Waals surface area contributed by atoms with Crippen LogP contribution in [0.5, 0.6) is 0 Å². The monoisotopic (exact) mass is 393 g/mol. The minimum atomic E-state index is -0.326. The van der Waals surface area contributed by atoms with Gasteiger partial charge in [-0.25, -0.2) is 0 Å². The number of furan rings is 1. The lowest BCUT2D eigenvalue weighted by Crippen LogP contribution is -2.27. The highest BCUT2D eigenvalue weighted by Gasteiger charge is 2.35. The van der Waals surface area contributed by atoms with Crippen molar-refractivity contribution < 1.29 is 14.0 Å². The fourth-order valence-corrected chi connectivity index (χ4v) is 3.51. The number of thioether (sulfide) groups is 1. The topological polar surface area (TPSA) is 50.5 Å². The third kappa shape index (κ3) is 4.18. The van der Waals surface area contributed by atoms with Gasteiger partial charge in [0.15, 0.2) is 0 Å². The summed E-state index contributed by atoms with van der Waals surface area (Å²) in [6.45, 7) is 2.00. The minimum Gasteiger partial charge on any atom is -0.465 e. The first-order valence-corrected chi connectivity index (χ1v) is 8.92. The Balaban J connectivity index is 1.77. The molecule has 1 fully saturated rings. The van der Waals surface area contributed by atoms with Crippen molar-refractivity contribution in [1.29, 1.82) is 0 Å². The van der Waals surface area contributed by atoms with Gasteiger partial charge in [0.2, 0.25) is 0 Å². The standard InChI is InChI=1S/C18H13Cl2NO3S/c1-11(7-13-3-2-6-24-13)8-16-17(22)21(18(23)25-16)10-12-4-5-14(19)15(20)9-12/h2-9H,10H2,1H3/b11-7+,16-8-. The van der Waals surface area contributed by atoms with E-state index in [1.54, 1.807) is 42.7 Å². The molecule has 2 amide bonds. The highest BCUT2D eigenvalue weighted by molar-refractivity contribution is 8.18. The molecule has 128 valence electrons. The smallest absolute Gasteiger partial charge is 0.293 e. The average molecular weight is 394 g/mol. The molecule has 2 aromatic rings. The molecule has 0 bridgehead atoms. The SMILES string of the molecule is CC(/C=C1\SC(=O)N(Cc2ccc(Cl)c(Cl)c2)C1=O)=C\c1ccco1. The Morgan fingerprint density at radius 2 is 2.04 bits per heavy atom. The molecule has 0 spiro atoms. The maximum atomic E-state index is 12.5.